The number of quaternary nitrogens is 2. The SMILES string of the molecule is Cc1cccc(NC(=O)C[NH+]2CC[NH+](Cc3cccc(Cl)c3)CC2)c1C. The Balaban J connectivity index is 1.46. The molecular formula is C21H28ClN3O+2. The van der Waals surface area contributed by atoms with E-state index in [1.54, 1.807) is 4.90 Å². The number of carbonyl (C=O) groups excluding carboxylic acids is 1. The summed E-state index contributed by atoms with van der Waals surface area (Å²) in [6.45, 7) is 9.87. The summed E-state index contributed by atoms with van der Waals surface area (Å²) in [6.07, 6.45) is 0. The van der Waals surface area contributed by atoms with Crippen LogP contribution in [0.15, 0.2) is 42.5 Å². The fraction of sp³-hybridized carbons (Fsp3) is 0.381. The van der Waals surface area contributed by atoms with Crippen LogP contribution >= 0.6 is 11.6 Å². The molecule has 5 heteroatoms. The second-order valence-electron chi connectivity index (χ2n) is 7.28. The minimum Gasteiger partial charge on any atom is -0.322 e. The van der Waals surface area contributed by atoms with Gasteiger partial charge in [0.15, 0.2) is 6.54 Å². The molecule has 0 spiro atoms. The van der Waals surface area contributed by atoms with E-state index in [1.165, 1.54) is 16.0 Å². The highest BCUT2D eigenvalue weighted by Crippen LogP contribution is 2.17. The quantitative estimate of drug-likeness (QED) is 0.715. The number of amides is 1. The summed E-state index contributed by atoms with van der Waals surface area (Å²) in [4.78, 5) is 15.3. The van der Waals surface area contributed by atoms with Crippen molar-refractivity contribution in [2.75, 3.05) is 38.0 Å². The number of piperazine rings is 1. The van der Waals surface area contributed by atoms with Crippen LogP contribution < -0.4 is 15.1 Å². The molecule has 1 heterocycles. The highest BCUT2D eigenvalue weighted by molar-refractivity contribution is 6.30. The highest BCUT2D eigenvalue weighted by Gasteiger charge is 2.25. The molecule has 26 heavy (non-hydrogen) atoms. The maximum absolute atomic E-state index is 12.4. The Morgan fingerprint density at radius 3 is 2.46 bits per heavy atom. The van der Waals surface area contributed by atoms with E-state index < -0.39 is 0 Å². The van der Waals surface area contributed by atoms with Gasteiger partial charge in [0.1, 0.15) is 32.7 Å². The molecule has 0 aliphatic carbocycles. The van der Waals surface area contributed by atoms with E-state index in [9.17, 15) is 4.79 Å². The van der Waals surface area contributed by atoms with Crippen LogP contribution in [0.5, 0.6) is 0 Å². The van der Waals surface area contributed by atoms with Crippen molar-refractivity contribution >= 4 is 23.2 Å². The lowest BCUT2D eigenvalue weighted by Gasteiger charge is -2.29. The number of halogens is 1. The fourth-order valence-electron chi connectivity index (χ4n) is 3.55. The van der Waals surface area contributed by atoms with Gasteiger partial charge in [-0.2, -0.15) is 0 Å². The van der Waals surface area contributed by atoms with Crippen LogP contribution in [0.2, 0.25) is 5.02 Å². The number of rotatable bonds is 5. The molecule has 138 valence electrons. The third-order valence-corrected chi connectivity index (χ3v) is 5.53. The number of anilines is 1. The van der Waals surface area contributed by atoms with Crippen molar-refractivity contribution in [3.63, 3.8) is 0 Å². The molecule has 3 N–H and O–H groups in total. The number of nitrogens with one attached hydrogen (secondary N) is 3. The molecule has 1 fully saturated rings. The lowest BCUT2D eigenvalue weighted by Crippen LogP contribution is -3.28. The predicted molar refractivity (Wildman–Crippen MR) is 106 cm³/mol. The van der Waals surface area contributed by atoms with Gasteiger partial charge in [-0.25, -0.2) is 0 Å². The Kier molecular flexibility index (Phi) is 6.30. The van der Waals surface area contributed by atoms with Gasteiger partial charge in [-0.15, -0.1) is 0 Å². The standard InChI is InChI=1S/C21H26ClN3O/c1-16-5-3-8-20(17(16)2)23-21(26)15-25-11-9-24(10-12-25)14-18-6-4-7-19(22)13-18/h3-8,13H,9-12,14-15H2,1-2H3,(H,23,26)/p+2. The molecule has 2 aromatic rings. The lowest BCUT2D eigenvalue weighted by atomic mass is 10.1. The number of hydrogen-bond acceptors (Lipinski definition) is 1. The average Bonchev–Trinajstić information content (AvgIpc) is 2.61. The van der Waals surface area contributed by atoms with Gasteiger partial charge in [0.05, 0.1) is 0 Å². The topological polar surface area (TPSA) is 38.0 Å². The molecule has 0 aromatic heterocycles. The zero-order valence-electron chi connectivity index (χ0n) is 15.6. The first-order valence-electron chi connectivity index (χ1n) is 9.29. The van der Waals surface area contributed by atoms with Crippen LogP contribution in [-0.2, 0) is 11.3 Å². The first kappa shape index (κ1) is 18.9. The molecule has 0 unspecified atom stereocenters. The van der Waals surface area contributed by atoms with Crippen molar-refractivity contribution in [2.45, 2.75) is 20.4 Å². The summed E-state index contributed by atoms with van der Waals surface area (Å²) >= 11 is 6.07. The molecule has 0 atom stereocenters. The minimum atomic E-state index is 0.104. The van der Waals surface area contributed by atoms with Crippen LogP contribution in [0.25, 0.3) is 0 Å². The third kappa shape index (κ3) is 5.07. The second-order valence-corrected chi connectivity index (χ2v) is 7.72. The van der Waals surface area contributed by atoms with Crippen LogP contribution in [0, 0.1) is 13.8 Å². The van der Waals surface area contributed by atoms with Crippen LogP contribution in [-0.4, -0.2) is 38.6 Å². The fourth-order valence-corrected chi connectivity index (χ4v) is 3.77. The molecular weight excluding hydrogens is 346 g/mol. The largest absolute Gasteiger partial charge is 0.322 e. The average molecular weight is 374 g/mol. The third-order valence-electron chi connectivity index (χ3n) is 5.30. The smallest absolute Gasteiger partial charge is 0.279 e. The summed E-state index contributed by atoms with van der Waals surface area (Å²) in [6, 6.07) is 14.1. The monoisotopic (exact) mass is 373 g/mol. The Bertz CT molecular complexity index is 770. The van der Waals surface area contributed by atoms with Gasteiger partial charge in [0.2, 0.25) is 0 Å². The molecule has 1 aliphatic rings. The Morgan fingerprint density at radius 2 is 1.73 bits per heavy atom. The first-order valence-corrected chi connectivity index (χ1v) is 9.66. The lowest BCUT2D eigenvalue weighted by molar-refractivity contribution is -1.02. The van der Waals surface area contributed by atoms with Crippen molar-refractivity contribution < 1.29 is 14.6 Å². The van der Waals surface area contributed by atoms with Crippen molar-refractivity contribution in [2.24, 2.45) is 0 Å². The highest BCUT2D eigenvalue weighted by atomic mass is 35.5. The van der Waals surface area contributed by atoms with Crippen LogP contribution in [0.1, 0.15) is 16.7 Å². The Hall–Kier alpha value is -1.88. The molecule has 0 bridgehead atoms. The summed E-state index contributed by atoms with van der Waals surface area (Å²) in [5.41, 5.74) is 4.56. The van der Waals surface area contributed by atoms with Gasteiger partial charge in [0.25, 0.3) is 5.91 Å². The normalized spacial score (nSPS) is 20.0. The van der Waals surface area contributed by atoms with Gasteiger partial charge in [-0.3, -0.25) is 4.79 Å². The zero-order chi connectivity index (χ0) is 18.5. The van der Waals surface area contributed by atoms with Gasteiger partial charge >= 0.3 is 0 Å². The van der Waals surface area contributed by atoms with E-state index in [-0.39, 0.29) is 5.91 Å². The van der Waals surface area contributed by atoms with E-state index in [0.717, 1.165) is 49.0 Å². The molecule has 4 nitrogen and oxygen atoms in total. The van der Waals surface area contributed by atoms with Gasteiger partial charge in [-0.1, -0.05) is 35.9 Å². The first-order chi connectivity index (χ1) is 12.5. The summed E-state index contributed by atoms with van der Waals surface area (Å²) < 4.78 is 0. The molecule has 1 saturated heterocycles. The molecule has 0 radical (unpaired) electrons. The number of aryl methyl sites for hydroxylation is 1. The maximum Gasteiger partial charge on any atom is 0.279 e. The molecule has 3 rings (SSSR count). The Labute approximate surface area is 160 Å². The maximum atomic E-state index is 12.4. The number of benzene rings is 2. The van der Waals surface area contributed by atoms with Gasteiger partial charge in [-0.05, 0) is 43.2 Å². The van der Waals surface area contributed by atoms with E-state index in [4.69, 9.17) is 11.6 Å². The van der Waals surface area contributed by atoms with Crippen LogP contribution in [0.4, 0.5) is 5.69 Å². The molecule has 1 aliphatic heterocycles. The predicted octanol–water partition coefficient (Wildman–Crippen LogP) is 0.879. The molecule has 2 aromatic carbocycles. The summed E-state index contributed by atoms with van der Waals surface area (Å²) in [7, 11) is 0. The Morgan fingerprint density at radius 1 is 1.04 bits per heavy atom. The van der Waals surface area contributed by atoms with E-state index in [1.807, 2.05) is 30.3 Å². The minimum absolute atomic E-state index is 0.104. The van der Waals surface area contributed by atoms with Gasteiger partial charge in [0, 0.05) is 16.3 Å². The summed E-state index contributed by atoms with van der Waals surface area (Å²) in [5, 5.41) is 3.87. The van der Waals surface area contributed by atoms with Crippen LogP contribution in [0.3, 0.4) is 0 Å². The molecule has 0 saturated carbocycles. The van der Waals surface area contributed by atoms with E-state index in [0.29, 0.717) is 6.54 Å². The van der Waals surface area contributed by atoms with E-state index in [2.05, 4.69) is 31.3 Å². The van der Waals surface area contributed by atoms with Crippen molar-refractivity contribution in [1.82, 2.24) is 0 Å². The summed E-state index contributed by atoms with van der Waals surface area (Å²) in [5.74, 6) is 0.104. The van der Waals surface area contributed by atoms with Gasteiger partial charge < -0.3 is 15.1 Å². The molecule has 1 amide bonds. The number of hydrogen-bond donors (Lipinski definition) is 3. The van der Waals surface area contributed by atoms with E-state index >= 15 is 0 Å². The van der Waals surface area contributed by atoms with Crippen molar-refractivity contribution in [3.05, 3.63) is 64.2 Å². The number of carbonyl (C=O) groups is 1. The van der Waals surface area contributed by atoms with Crippen molar-refractivity contribution in [3.8, 4) is 0 Å². The zero-order valence-corrected chi connectivity index (χ0v) is 16.3. The second kappa shape index (κ2) is 8.67. The van der Waals surface area contributed by atoms with Crippen molar-refractivity contribution in [1.29, 1.82) is 0 Å².